The zero-order valence-electron chi connectivity index (χ0n) is 22.3. The molecule has 0 aliphatic heterocycles. The van der Waals surface area contributed by atoms with Gasteiger partial charge in [0.2, 0.25) is 10.0 Å². The van der Waals surface area contributed by atoms with Crippen LogP contribution in [-0.4, -0.2) is 54.6 Å². The van der Waals surface area contributed by atoms with Gasteiger partial charge in [-0.1, -0.05) is 24.6 Å². The van der Waals surface area contributed by atoms with Crippen LogP contribution in [0.1, 0.15) is 36.6 Å². The first-order chi connectivity index (χ1) is 18.9. The number of fused-ring (bicyclic) bond motifs is 2. The molecule has 0 spiro atoms. The van der Waals surface area contributed by atoms with Crippen LogP contribution in [0.25, 0.3) is 11.8 Å². The molecule has 1 saturated carbocycles. The molecule has 0 radical (unpaired) electrons. The summed E-state index contributed by atoms with van der Waals surface area (Å²) >= 11 is 0. The Morgan fingerprint density at radius 3 is 2.48 bits per heavy atom. The van der Waals surface area contributed by atoms with E-state index in [4.69, 9.17) is 4.74 Å². The molecule has 0 bridgehead atoms. The summed E-state index contributed by atoms with van der Waals surface area (Å²) in [6, 6.07) is 13.1. The molecule has 0 amide bonds. The van der Waals surface area contributed by atoms with Gasteiger partial charge in [-0.3, -0.25) is 0 Å². The molecule has 1 aromatic heterocycles. The maximum Gasteiger partial charge on any atom is 0.404 e. The summed E-state index contributed by atoms with van der Waals surface area (Å²) in [4.78, 5) is 0. The summed E-state index contributed by atoms with van der Waals surface area (Å²) in [5.41, 5.74) is 4.08. The van der Waals surface area contributed by atoms with Crippen LogP contribution in [0.15, 0.2) is 60.3 Å². The lowest BCUT2D eigenvalue weighted by atomic mass is 9.70. The minimum Gasteiger partial charge on any atom is -0.497 e. The van der Waals surface area contributed by atoms with E-state index in [0.29, 0.717) is 25.0 Å². The fraction of sp³-hybridized carbons (Fsp3) is 0.414. The van der Waals surface area contributed by atoms with Crippen LogP contribution in [0.4, 0.5) is 17.6 Å². The van der Waals surface area contributed by atoms with Crippen LogP contribution in [0.5, 0.6) is 5.75 Å². The predicted octanol–water partition coefficient (Wildman–Crippen LogP) is 5.81. The Kier molecular flexibility index (Phi) is 7.56. The van der Waals surface area contributed by atoms with Crippen LogP contribution >= 0.6 is 0 Å². The Hall–Kier alpha value is -3.18. The number of benzene rings is 2. The number of rotatable bonds is 9. The Balaban J connectivity index is 1.39. The van der Waals surface area contributed by atoms with E-state index < -0.39 is 27.4 Å². The topological polar surface area (TPSA) is 64.4 Å². The molecule has 3 aromatic rings. The predicted molar refractivity (Wildman–Crippen MR) is 144 cm³/mol. The fourth-order valence-corrected chi connectivity index (χ4v) is 7.32. The van der Waals surface area contributed by atoms with Crippen molar-refractivity contribution in [1.82, 2.24) is 14.1 Å². The van der Waals surface area contributed by atoms with Gasteiger partial charge >= 0.3 is 6.18 Å². The highest BCUT2D eigenvalue weighted by Crippen LogP contribution is 2.53. The molecular weight excluding hydrogens is 546 g/mol. The first-order valence-corrected chi connectivity index (χ1v) is 14.7. The van der Waals surface area contributed by atoms with Gasteiger partial charge in [0, 0.05) is 13.1 Å². The zero-order valence-corrected chi connectivity index (χ0v) is 23.1. The van der Waals surface area contributed by atoms with Gasteiger partial charge in [0.05, 0.1) is 24.7 Å². The number of halogens is 4. The number of nitrogens with zero attached hydrogens (tertiary/aromatic N) is 3. The molecule has 2 aliphatic carbocycles. The van der Waals surface area contributed by atoms with Gasteiger partial charge in [0.1, 0.15) is 11.6 Å². The van der Waals surface area contributed by atoms with Crippen molar-refractivity contribution >= 4 is 16.1 Å². The van der Waals surface area contributed by atoms with E-state index in [1.807, 2.05) is 0 Å². The molecular formula is C29H31F4N3O3S. The van der Waals surface area contributed by atoms with Crippen molar-refractivity contribution in [2.75, 3.05) is 26.0 Å². The van der Waals surface area contributed by atoms with E-state index in [1.165, 1.54) is 19.2 Å². The average Bonchev–Trinajstić information content (AvgIpc) is 3.43. The Bertz CT molecular complexity index is 1500. The molecule has 6 nitrogen and oxygen atoms in total. The van der Waals surface area contributed by atoms with Crippen molar-refractivity contribution in [2.24, 2.45) is 11.3 Å². The van der Waals surface area contributed by atoms with Crippen LogP contribution in [0.2, 0.25) is 0 Å². The lowest BCUT2D eigenvalue weighted by Gasteiger charge is -2.38. The van der Waals surface area contributed by atoms with Gasteiger partial charge in [-0.2, -0.15) is 18.3 Å². The lowest BCUT2D eigenvalue weighted by molar-refractivity contribution is -0.107. The Morgan fingerprint density at radius 2 is 1.82 bits per heavy atom. The van der Waals surface area contributed by atoms with E-state index in [-0.39, 0.29) is 31.2 Å². The monoisotopic (exact) mass is 577 g/mol. The zero-order chi connectivity index (χ0) is 28.7. The third-order valence-corrected chi connectivity index (χ3v) is 10.0. The summed E-state index contributed by atoms with van der Waals surface area (Å²) < 4.78 is 87.3. The van der Waals surface area contributed by atoms with E-state index >= 15 is 0 Å². The highest BCUT2D eigenvalue weighted by atomic mass is 32.2. The average molecular weight is 578 g/mol. The van der Waals surface area contributed by atoms with E-state index in [1.54, 1.807) is 47.3 Å². The molecule has 0 N–H and O–H groups in total. The fourth-order valence-electron chi connectivity index (χ4n) is 5.95. The summed E-state index contributed by atoms with van der Waals surface area (Å²) in [6.07, 6.45) is 1.22. The molecule has 0 saturated heterocycles. The van der Waals surface area contributed by atoms with Gasteiger partial charge in [-0.15, -0.1) is 0 Å². The molecule has 2 atom stereocenters. The van der Waals surface area contributed by atoms with Gasteiger partial charge in [0.15, 0.2) is 5.75 Å². The number of ether oxygens (including phenoxy) is 1. The smallest absolute Gasteiger partial charge is 0.404 e. The summed E-state index contributed by atoms with van der Waals surface area (Å²) in [5.74, 6) is -1.75. The molecule has 1 fully saturated rings. The molecule has 1 heterocycles. The molecule has 11 heteroatoms. The second-order valence-electron chi connectivity index (χ2n) is 10.8. The summed E-state index contributed by atoms with van der Waals surface area (Å²) in [6.45, 7) is 2.01. The normalized spacial score (nSPS) is 20.8. The minimum absolute atomic E-state index is 0.00381. The Morgan fingerprint density at radius 1 is 1.12 bits per heavy atom. The minimum atomic E-state index is -4.84. The van der Waals surface area contributed by atoms with Crippen LogP contribution in [-0.2, 0) is 22.9 Å². The third-order valence-electron chi connectivity index (χ3n) is 8.20. The SMILES string of the molecule is COc1ccc(CCN(CC2CCC3=Cc4c(cnn4-c4ccc(F)cc4)C[C@@]32C)S(=O)(=O)CC(F)(F)F)cc1. The van der Waals surface area contributed by atoms with Crippen molar-refractivity contribution in [3.8, 4) is 11.4 Å². The number of aromatic nitrogens is 2. The maximum atomic E-state index is 13.4. The lowest BCUT2D eigenvalue weighted by Crippen LogP contribution is -2.44. The van der Waals surface area contributed by atoms with E-state index in [9.17, 15) is 26.0 Å². The molecule has 214 valence electrons. The van der Waals surface area contributed by atoms with Gasteiger partial charge in [-0.05, 0) is 90.6 Å². The second-order valence-corrected chi connectivity index (χ2v) is 12.7. The van der Waals surface area contributed by atoms with E-state index in [2.05, 4.69) is 18.1 Å². The Labute approximate surface area is 231 Å². The van der Waals surface area contributed by atoms with Crippen molar-refractivity contribution < 1.29 is 30.7 Å². The first-order valence-electron chi connectivity index (χ1n) is 13.1. The van der Waals surface area contributed by atoms with Crippen molar-refractivity contribution in [3.63, 3.8) is 0 Å². The maximum absolute atomic E-state index is 13.4. The number of alkyl halides is 3. The van der Waals surface area contributed by atoms with E-state index in [0.717, 1.165) is 32.4 Å². The third kappa shape index (κ3) is 5.81. The number of allylic oxidation sites excluding steroid dienone is 1. The standard InChI is InChI=1S/C29H31F4N3O3S/c1-28-16-21-17-34-36(25-9-7-24(30)8-10-25)27(21)15-22(28)5-6-23(28)18-35(40(37,38)19-29(31,32)33)14-13-20-3-11-26(39-2)12-4-20/h3-4,7-12,15,17,23H,5-6,13-14,16,18-19H2,1-2H3/t23?,28-/m0/s1. The van der Waals surface area contributed by atoms with Crippen molar-refractivity contribution in [2.45, 2.75) is 38.8 Å². The van der Waals surface area contributed by atoms with Crippen molar-refractivity contribution in [3.05, 3.63) is 82.9 Å². The summed E-state index contributed by atoms with van der Waals surface area (Å²) in [7, 11) is -3.06. The molecule has 1 unspecified atom stereocenters. The van der Waals surface area contributed by atoms with Crippen molar-refractivity contribution in [1.29, 1.82) is 0 Å². The number of methoxy groups -OCH3 is 1. The molecule has 40 heavy (non-hydrogen) atoms. The molecule has 2 aromatic carbocycles. The molecule has 2 aliphatic rings. The second kappa shape index (κ2) is 10.7. The van der Waals surface area contributed by atoms with Gasteiger partial charge in [-0.25, -0.2) is 21.8 Å². The number of hydrogen-bond donors (Lipinski definition) is 0. The number of sulfonamides is 1. The quantitative estimate of drug-likeness (QED) is 0.301. The highest BCUT2D eigenvalue weighted by molar-refractivity contribution is 7.89. The van der Waals surface area contributed by atoms with Gasteiger partial charge < -0.3 is 4.74 Å². The van der Waals surface area contributed by atoms with Crippen LogP contribution in [0.3, 0.4) is 0 Å². The first kappa shape index (κ1) is 28.4. The summed E-state index contributed by atoms with van der Waals surface area (Å²) in [5, 5.41) is 4.51. The number of hydrogen-bond acceptors (Lipinski definition) is 4. The van der Waals surface area contributed by atoms with Gasteiger partial charge in [0.25, 0.3) is 0 Å². The largest absolute Gasteiger partial charge is 0.497 e. The highest BCUT2D eigenvalue weighted by Gasteiger charge is 2.48. The van der Waals surface area contributed by atoms with Crippen LogP contribution in [0, 0.1) is 17.2 Å². The molecule has 5 rings (SSSR count). The van der Waals surface area contributed by atoms with Crippen LogP contribution < -0.4 is 4.74 Å².